The van der Waals surface area contributed by atoms with E-state index >= 15 is 0 Å². The van der Waals surface area contributed by atoms with Gasteiger partial charge in [0.2, 0.25) is 0 Å². The second-order valence-electron chi connectivity index (χ2n) is 5.82. The Bertz CT molecular complexity index is 613. The highest BCUT2D eigenvalue weighted by Gasteiger charge is 2.09. The third-order valence-corrected chi connectivity index (χ3v) is 4.23. The summed E-state index contributed by atoms with van der Waals surface area (Å²) in [6.07, 6.45) is 3.91. The summed E-state index contributed by atoms with van der Waals surface area (Å²) < 4.78 is 5.31. The highest BCUT2D eigenvalue weighted by Crippen LogP contribution is 2.24. The molecule has 0 saturated carbocycles. The zero-order chi connectivity index (χ0) is 16.7. The van der Waals surface area contributed by atoms with Crippen LogP contribution in [-0.2, 0) is 0 Å². The second kappa shape index (κ2) is 8.67. The first-order valence-corrected chi connectivity index (χ1v) is 8.45. The first-order chi connectivity index (χ1) is 11.2. The molecule has 0 aliphatic rings. The van der Waals surface area contributed by atoms with Gasteiger partial charge in [0.1, 0.15) is 17.9 Å². The number of nitrogens with one attached hydrogen (secondary N) is 1. The van der Waals surface area contributed by atoms with Crippen LogP contribution in [0.25, 0.3) is 10.9 Å². The maximum Gasteiger partial charge on any atom is 0.137 e. The molecule has 0 unspecified atom stereocenters. The van der Waals surface area contributed by atoms with E-state index < -0.39 is 0 Å². The Morgan fingerprint density at radius 1 is 1.22 bits per heavy atom. The molecule has 1 N–H and O–H groups in total. The molecule has 23 heavy (non-hydrogen) atoms. The lowest BCUT2D eigenvalue weighted by Gasteiger charge is -2.20. The molecule has 0 spiro atoms. The van der Waals surface area contributed by atoms with Crippen molar-refractivity contribution in [3.05, 3.63) is 24.5 Å². The Morgan fingerprint density at radius 3 is 2.70 bits per heavy atom. The average molecular weight is 316 g/mol. The number of ether oxygens (including phenoxy) is 1. The molecule has 5 nitrogen and oxygen atoms in total. The first-order valence-electron chi connectivity index (χ1n) is 8.45. The minimum absolute atomic E-state index is 0.370. The molecule has 0 saturated heterocycles. The van der Waals surface area contributed by atoms with Crippen molar-refractivity contribution in [2.24, 2.45) is 0 Å². The largest absolute Gasteiger partial charge is 0.497 e. The number of aromatic nitrogens is 2. The summed E-state index contributed by atoms with van der Waals surface area (Å²) in [6, 6.07) is 6.24. The number of benzene rings is 1. The van der Waals surface area contributed by atoms with Crippen molar-refractivity contribution in [1.29, 1.82) is 0 Å². The van der Waals surface area contributed by atoms with Crippen molar-refractivity contribution in [1.82, 2.24) is 14.9 Å². The van der Waals surface area contributed by atoms with Crippen molar-refractivity contribution < 1.29 is 4.74 Å². The van der Waals surface area contributed by atoms with Gasteiger partial charge in [-0.25, -0.2) is 9.97 Å². The Kier molecular flexibility index (Phi) is 6.59. The van der Waals surface area contributed by atoms with Gasteiger partial charge in [-0.05, 0) is 57.6 Å². The molecule has 1 atom stereocenters. The van der Waals surface area contributed by atoms with E-state index in [0.717, 1.165) is 48.5 Å². The molecule has 0 radical (unpaired) electrons. The van der Waals surface area contributed by atoms with Crippen LogP contribution in [0.4, 0.5) is 5.82 Å². The molecule has 0 aliphatic carbocycles. The van der Waals surface area contributed by atoms with E-state index in [1.165, 1.54) is 6.42 Å². The molecule has 2 rings (SSSR count). The van der Waals surface area contributed by atoms with Crippen molar-refractivity contribution >= 4 is 16.7 Å². The van der Waals surface area contributed by atoms with Crippen molar-refractivity contribution in [3.8, 4) is 5.75 Å². The molecule has 0 amide bonds. The molecule has 126 valence electrons. The van der Waals surface area contributed by atoms with Gasteiger partial charge in [-0.3, -0.25) is 0 Å². The summed E-state index contributed by atoms with van der Waals surface area (Å²) >= 11 is 0. The molecule has 1 aromatic heterocycles. The van der Waals surface area contributed by atoms with Gasteiger partial charge in [0.05, 0.1) is 12.6 Å². The maximum atomic E-state index is 5.31. The molecule has 0 fully saturated rings. The van der Waals surface area contributed by atoms with E-state index in [9.17, 15) is 0 Å². The highest BCUT2D eigenvalue weighted by atomic mass is 16.5. The molecule has 5 heteroatoms. The zero-order valence-electron chi connectivity index (χ0n) is 14.7. The maximum absolute atomic E-state index is 5.31. The number of fused-ring (bicyclic) bond motifs is 1. The third kappa shape index (κ3) is 4.79. The van der Waals surface area contributed by atoms with Gasteiger partial charge in [0, 0.05) is 11.4 Å². The smallest absolute Gasteiger partial charge is 0.137 e. The van der Waals surface area contributed by atoms with Crippen LogP contribution >= 0.6 is 0 Å². The summed E-state index contributed by atoms with van der Waals surface area (Å²) in [5.74, 6) is 1.70. The predicted octanol–water partition coefficient (Wildman–Crippen LogP) is 3.56. The van der Waals surface area contributed by atoms with Crippen LogP contribution in [0, 0.1) is 0 Å². The highest BCUT2D eigenvalue weighted by molar-refractivity contribution is 5.90. The molecule has 1 aromatic carbocycles. The quantitative estimate of drug-likeness (QED) is 0.766. The van der Waals surface area contributed by atoms with Crippen LogP contribution in [0.2, 0.25) is 0 Å². The fourth-order valence-electron chi connectivity index (χ4n) is 2.74. The normalized spacial score (nSPS) is 12.6. The Hall–Kier alpha value is -1.88. The molecular formula is C18H28N4O. The van der Waals surface area contributed by atoms with E-state index in [2.05, 4.69) is 41.0 Å². The summed E-state index contributed by atoms with van der Waals surface area (Å²) in [4.78, 5) is 11.2. The number of hydrogen-bond donors (Lipinski definition) is 1. The standard InChI is InChI=1S/C18H28N4O/c1-5-22(6-2)11-7-8-14(3)21-18-16-12-15(23-4)9-10-17(16)19-13-20-18/h9-10,12-14H,5-8,11H2,1-4H3,(H,19,20,21)/t14-/m0/s1. The van der Waals surface area contributed by atoms with E-state index in [4.69, 9.17) is 4.74 Å². The minimum Gasteiger partial charge on any atom is -0.497 e. The third-order valence-electron chi connectivity index (χ3n) is 4.23. The van der Waals surface area contributed by atoms with Gasteiger partial charge < -0.3 is 15.0 Å². The van der Waals surface area contributed by atoms with Gasteiger partial charge >= 0.3 is 0 Å². The monoisotopic (exact) mass is 316 g/mol. The molecular weight excluding hydrogens is 288 g/mol. The van der Waals surface area contributed by atoms with Gasteiger partial charge in [0.25, 0.3) is 0 Å². The van der Waals surface area contributed by atoms with Gasteiger partial charge in [-0.1, -0.05) is 13.8 Å². The number of methoxy groups -OCH3 is 1. The lowest BCUT2D eigenvalue weighted by molar-refractivity contribution is 0.295. The lowest BCUT2D eigenvalue weighted by atomic mass is 10.1. The molecule has 0 aliphatic heterocycles. The minimum atomic E-state index is 0.370. The summed E-state index contributed by atoms with van der Waals surface area (Å²) in [7, 11) is 1.67. The number of nitrogens with zero attached hydrogens (tertiary/aromatic N) is 3. The average Bonchev–Trinajstić information content (AvgIpc) is 2.58. The predicted molar refractivity (Wildman–Crippen MR) is 96.2 cm³/mol. The summed E-state index contributed by atoms with van der Waals surface area (Å²) in [5, 5.41) is 4.52. The van der Waals surface area contributed by atoms with Crippen LogP contribution in [0.1, 0.15) is 33.6 Å². The fourth-order valence-corrected chi connectivity index (χ4v) is 2.74. The Balaban J connectivity index is 2.00. The van der Waals surface area contributed by atoms with Gasteiger partial charge in [-0.2, -0.15) is 0 Å². The van der Waals surface area contributed by atoms with Crippen LogP contribution in [0.3, 0.4) is 0 Å². The van der Waals surface area contributed by atoms with E-state index in [-0.39, 0.29) is 0 Å². The molecule has 2 aromatic rings. The Labute approximate surface area is 139 Å². The van der Waals surface area contributed by atoms with Crippen LogP contribution in [-0.4, -0.2) is 47.7 Å². The SMILES string of the molecule is CCN(CC)CCC[C@H](C)Nc1ncnc2ccc(OC)cc12. The summed E-state index contributed by atoms with van der Waals surface area (Å²) in [6.45, 7) is 10.0. The first kappa shape index (κ1) is 17.5. The number of anilines is 1. The fraction of sp³-hybridized carbons (Fsp3) is 0.556. The molecule has 1 heterocycles. The van der Waals surface area contributed by atoms with Crippen LogP contribution in [0.15, 0.2) is 24.5 Å². The van der Waals surface area contributed by atoms with Gasteiger partial charge in [0.15, 0.2) is 0 Å². The summed E-state index contributed by atoms with van der Waals surface area (Å²) in [5.41, 5.74) is 0.929. The Morgan fingerprint density at radius 2 is 2.00 bits per heavy atom. The van der Waals surface area contributed by atoms with Gasteiger partial charge in [-0.15, -0.1) is 0 Å². The van der Waals surface area contributed by atoms with Crippen molar-refractivity contribution in [2.75, 3.05) is 32.1 Å². The van der Waals surface area contributed by atoms with E-state index in [0.29, 0.717) is 6.04 Å². The van der Waals surface area contributed by atoms with E-state index in [1.54, 1.807) is 13.4 Å². The van der Waals surface area contributed by atoms with Crippen LogP contribution < -0.4 is 10.1 Å². The van der Waals surface area contributed by atoms with Crippen LogP contribution in [0.5, 0.6) is 5.75 Å². The number of rotatable bonds is 9. The van der Waals surface area contributed by atoms with Crippen molar-refractivity contribution in [2.45, 2.75) is 39.7 Å². The topological polar surface area (TPSA) is 50.3 Å². The zero-order valence-corrected chi connectivity index (χ0v) is 14.7. The van der Waals surface area contributed by atoms with Crippen molar-refractivity contribution in [3.63, 3.8) is 0 Å². The second-order valence-corrected chi connectivity index (χ2v) is 5.82. The lowest BCUT2D eigenvalue weighted by Crippen LogP contribution is -2.25. The number of hydrogen-bond acceptors (Lipinski definition) is 5. The molecule has 0 bridgehead atoms. The van der Waals surface area contributed by atoms with E-state index in [1.807, 2.05) is 18.2 Å².